The van der Waals surface area contributed by atoms with Gasteiger partial charge >= 0.3 is 6.03 Å². The van der Waals surface area contributed by atoms with Crippen LogP contribution in [0.4, 0.5) is 4.79 Å². The number of para-hydroxylation sites is 1. The van der Waals surface area contributed by atoms with Crippen molar-refractivity contribution < 1.29 is 14.4 Å². The van der Waals surface area contributed by atoms with Crippen LogP contribution in [0.5, 0.6) is 0 Å². The van der Waals surface area contributed by atoms with E-state index in [0.717, 1.165) is 20.8 Å². The third-order valence-corrected chi connectivity index (χ3v) is 7.29. The minimum absolute atomic E-state index is 0.0377. The normalized spacial score (nSPS) is 17.7. The molecule has 0 bridgehead atoms. The summed E-state index contributed by atoms with van der Waals surface area (Å²) in [6.45, 7) is 1.61. The largest absolute Gasteiger partial charge is 0.344 e. The summed E-state index contributed by atoms with van der Waals surface area (Å²) >= 11 is 2.76. The molecule has 2 N–H and O–H groups in total. The van der Waals surface area contributed by atoms with Crippen molar-refractivity contribution in [2.75, 3.05) is 5.75 Å². The van der Waals surface area contributed by atoms with E-state index in [1.54, 1.807) is 31.2 Å². The van der Waals surface area contributed by atoms with Crippen LogP contribution in [0.25, 0.3) is 21.6 Å². The Kier molecular flexibility index (Phi) is 5.76. The Balaban J connectivity index is 1.32. The van der Waals surface area contributed by atoms with Gasteiger partial charge < -0.3 is 5.32 Å². The van der Waals surface area contributed by atoms with Crippen LogP contribution in [0.1, 0.15) is 12.5 Å². The average Bonchev–Trinajstić information content (AvgIpc) is 3.47. The molecule has 2 aromatic carbocycles. The van der Waals surface area contributed by atoms with Gasteiger partial charge in [0.05, 0.1) is 16.1 Å². The van der Waals surface area contributed by atoms with E-state index in [2.05, 4.69) is 20.7 Å². The van der Waals surface area contributed by atoms with Crippen molar-refractivity contribution >= 4 is 51.8 Å². The minimum atomic E-state index is -1.25. The molecule has 1 saturated heterocycles. The summed E-state index contributed by atoms with van der Waals surface area (Å²) in [6, 6.07) is 19.7. The first kappa shape index (κ1) is 22.1. The molecule has 0 radical (unpaired) electrons. The van der Waals surface area contributed by atoms with Gasteiger partial charge in [-0.25, -0.2) is 14.8 Å². The summed E-state index contributed by atoms with van der Waals surface area (Å²) in [5.41, 5.74) is 2.59. The zero-order valence-electron chi connectivity index (χ0n) is 18.0. The van der Waals surface area contributed by atoms with Crippen LogP contribution in [0.3, 0.4) is 0 Å². The number of nitrogens with zero attached hydrogens (tertiary/aromatic N) is 3. The molecular formula is C24H19N5O3S2. The van der Waals surface area contributed by atoms with E-state index in [1.165, 1.54) is 23.1 Å². The topological polar surface area (TPSA) is 104 Å². The van der Waals surface area contributed by atoms with Gasteiger partial charge in [-0.3, -0.25) is 15.0 Å². The second kappa shape index (κ2) is 8.88. The highest BCUT2D eigenvalue weighted by Crippen LogP contribution is 2.31. The predicted molar refractivity (Wildman–Crippen MR) is 131 cm³/mol. The van der Waals surface area contributed by atoms with E-state index in [-0.39, 0.29) is 5.75 Å². The van der Waals surface area contributed by atoms with Crippen molar-refractivity contribution in [2.45, 2.75) is 17.5 Å². The number of urea groups is 1. The number of thioether (sulfide) groups is 1. The molecule has 4 amide bonds. The number of amides is 4. The van der Waals surface area contributed by atoms with E-state index in [0.29, 0.717) is 16.4 Å². The number of aromatic nitrogens is 2. The van der Waals surface area contributed by atoms with Gasteiger partial charge in [-0.1, -0.05) is 66.4 Å². The average molecular weight is 490 g/mol. The maximum absolute atomic E-state index is 13.0. The summed E-state index contributed by atoms with van der Waals surface area (Å²) in [5.74, 6) is -0.491. The second-order valence-electron chi connectivity index (χ2n) is 7.73. The molecule has 5 rings (SSSR count). The Morgan fingerprint density at radius 2 is 1.82 bits per heavy atom. The van der Waals surface area contributed by atoms with E-state index < -0.39 is 23.4 Å². The van der Waals surface area contributed by atoms with Gasteiger partial charge in [0.2, 0.25) is 5.91 Å². The molecule has 0 spiro atoms. The number of imide groups is 1. The van der Waals surface area contributed by atoms with Gasteiger partial charge in [0, 0.05) is 5.39 Å². The van der Waals surface area contributed by atoms with Crippen LogP contribution < -0.4 is 10.7 Å². The lowest BCUT2D eigenvalue weighted by atomic mass is 9.92. The van der Waals surface area contributed by atoms with Gasteiger partial charge in [-0.2, -0.15) is 5.01 Å². The number of hydrogen-bond donors (Lipinski definition) is 2. The molecule has 1 aliphatic heterocycles. The van der Waals surface area contributed by atoms with Crippen molar-refractivity contribution in [3.05, 3.63) is 77.7 Å². The standard InChI is InChI=1S/C24H19N5O3S2/c1-24(15-8-3-2-4-9-15)22(31)29(23(32)27-24)28-19(30)14-34-21-16-10-5-6-11-17(16)25-20(26-21)18-12-7-13-33-18/h2-13H,14H2,1H3,(H,27,32)(H,28,30)/t24-/m1/s1. The van der Waals surface area contributed by atoms with Crippen molar-refractivity contribution in [1.82, 2.24) is 25.7 Å². The highest BCUT2D eigenvalue weighted by molar-refractivity contribution is 8.00. The summed E-state index contributed by atoms with van der Waals surface area (Å²) in [4.78, 5) is 48.4. The molecule has 2 aromatic heterocycles. The summed E-state index contributed by atoms with van der Waals surface area (Å²) in [6.07, 6.45) is 0. The number of benzene rings is 2. The van der Waals surface area contributed by atoms with E-state index >= 15 is 0 Å². The van der Waals surface area contributed by atoms with Gasteiger partial charge in [0.25, 0.3) is 5.91 Å². The first-order valence-corrected chi connectivity index (χ1v) is 12.3. The molecule has 8 nitrogen and oxygen atoms in total. The van der Waals surface area contributed by atoms with Crippen LogP contribution in [-0.4, -0.2) is 38.6 Å². The summed E-state index contributed by atoms with van der Waals surface area (Å²) in [7, 11) is 0. The first-order valence-electron chi connectivity index (χ1n) is 10.4. The molecule has 34 heavy (non-hydrogen) atoms. The fourth-order valence-electron chi connectivity index (χ4n) is 3.67. The van der Waals surface area contributed by atoms with Gasteiger partial charge in [0.15, 0.2) is 5.82 Å². The molecule has 10 heteroatoms. The third kappa shape index (κ3) is 4.02. The van der Waals surface area contributed by atoms with Crippen molar-refractivity contribution in [2.24, 2.45) is 0 Å². The van der Waals surface area contributed by atoms with E-state index in [1.807, 2.05) is 47.8 Å². The highest BCUT2D eigenvalue weighted by atomic mass is 32.2. The SMILES string of the molecule is C[C@]1(c2ccccc2)NC(=O)N(NC(=O)CSc2nc(-c3cccs3)nc3ccccc23)C1=O. The minimum Gasteiger partial charge on any atom is -0.318 e. The maximum Gasteiger partial charge on any atom is 0.344 e. The molecule has 3 heterocycles. The quantitative estimate of drug-likeness (QED) is 0.241. The predicted octanol–water partition coefficient (Wildman–Crippen LogP) is 3.95. The summed E-state index contributed by atoms with van der Waals surface area (Å²) in [5, 5.41) is 6.84. The van der Waals surface area contributed by atoms with Gasteiger partial charge in [-0.05, 0) is 30.0 Å². The number of thiophene rings is 1. The van der Waals surface area contributed by atoms with Crippen molar-refractivity contribution in [1.29, 1.82) is 0 Å². The monoisotopic (exact) mass is 489 g/mol. The molecule has 1 atom stereocenters. The number of fused-ring (bicyclic) bond motifs is 1. The van der Waals surface area contributed by atoms with Crippen LogP contribution in [0.2, 0.25) is 0 Å². The Bertz CT molecular complexity index is 1390. The van der Waals surface area contributed by atoms with Crippen molar-refractivity contribution in [3.63, 3.8) is 0 Å². The number of carbonyl (C=O) groups excluding carboxylic acids is 3. The Hall–Kier alpha value is -3.76. The fourth-order valence-corrected chi connectivity index (χ4v) is 5.14. The zero-order valence-corrected chi connectivity index (χ0v) is 19.7. The molecule has 170 valence electrons. The third-order valence-electron chi connectivity index (χ3n) is 5.43. The van der Waals surface area contributed by atoms with Crippen LogP contribution in [0.15, 0.2) is 77.1 Å². The molecule has 0 saturated carbocycles. The Labute approximate surface area is 203 Å². The van der Waals surface area contributed by atoms with Crippen LogP contribution in [0, 0.1) is 0 Å². The van der Waals surface area contributed by atoms with Crippen LogP contribution in [-0.2, 0) is 15.1 Å². The molecule has 0 unspecified atom stereocenters. The smallest absolute Gasteiger partial charge is 0.318 e. The number of carbonyl (C=O) groups is 3. The van der Waals surface area contributed by atoms with E-state index in [4.69, 9.17) is 0 Å². The zero-order chi connectivity index (χ0) is 23.7. The lowest BCUT2D eigenvalue weighted by Gasteiger charge is -2.22. The molecule has 0 aliphatic carbocycles. The number of nitrogens with one attached hydrogen (secondary N) is 2. The number of hydrazine groups is 1. The molecule has 4 aromatic rings. The molecule has 1 fully saturated rings. The lowest BCUT2D eigenvalue weighted by Crippen LogP contribution is -2.48. The van der Waals surface area contributed by atoms with Crippen LogP contribution >= 0.6 is 23.1 Å². The number of hydrogen-bond acceptors (Lipinski definition) is 7. The van der Waals surface area contributed by atoms with Crippen molar-refractivity contribution in [3.8, 4) is 10.7 Å². The molecular weight excluding hydrogens is 470 g/mol. The summed E-state index contributed by atoms with van der Waals surface area (Å²) < 4.78 is 0. The van der Waals surface area contributed by atoms with Gasteiger partial charge in [0.1, 0.15) is 10.6 Å². The first-order chi connectivity index (χ1) is 16.5. The highest BCUT2D eigenvalue weighted by Gasteiger charge is 2.49. The van der Waals surface area contributed by atoms with E-state index in [9.17, 15) is 14.4 Å². The molecule has 1 aliphatic rings. The Morgan fingerprint density at radius 3 is 2.59 bits per heavy atom. The Morgan fingerprint density at radius 1 is 1.06 bits per heavy atom. The van der Waals surface area contributed by atoms with Gasteiger partial charge in [-0.15, -0.1) is 11.3 Å². The second-order valence-corrected chi connectivity index (χ2v) is 9.64. The number of rotatable bonds is 6. The maximum atomic E-state index is 13.0. The lowest BCUT2D eigenvalue weighted by molar-refractivity contribution is -0.138. The fraction of sp³-hybridized carbons (Fsp3) is 0.125.